The number of hydrogen-bond acceptors (Lipinski definition) is 2. The Morgan fingerprint density at radius 3 is 2.46 bits per heavy atom. The molecule has 2 aromatic rings. The van der Waals surface area contributed by atoms with Crippen molar-refractivity contribution in [2.75, 3.05) is 19.3 Å². The minimum atomic E-state index is -0.878. The van der Waals surface area contributed by atoms with E-state index in [4.69, 9.17) is 0 Å². The summed E-state index contributed by atoms with van der Waals surface area (Å²) in [5.74, 6) is 1.92. The smallest absolute Gasteiger partial charge is 0.191 e. The largest absolute Gasteiger partial charge is 0.355 e. The van der Waals surface area contributed by atoms with E-state index in [1.54, 1.807) is 7.05 Å². The summed E-state index contributed by atoms with van der Waals surface area (Å²) in [6.07, 6.45) is 0. The summed E-state index contributed by atoms with van der Waals surface area (Å²) in [6.45, 7) is 3.45. The standard InChI is InChI=1S/C19H25N3OS/c1-16-8-6-7-11-18(16)14-22-19(20-2)21-12-13-24(23)15-17-9-4-3-5-10-17/h3-11H,12-15H2,1-2H3,(H2,20,21,22). The van der Waals surface area contributed by atoms with Gasteiger partial charge >= 0.3 is 0 Å². The average Bonchev–Trinajstić information content (AvgIpc) is 2.60. The van der Waals surface area contributed by atoms with Crippen LogP contribution in [0, 0.1) is 6.92 Å². The number of hydrogen-bond donors (Lipinski definition) is 2. The molecule has 2 N–H and O–H groups in total. The number of benzene rings is 2. The lowest BCUT2D eigenvalue weighted by molar-refractivity contribution is 0.680. The molecule has 0 aliphatic carbocycles. The maximum absolute atomic E-state index is 12.1. The zero-order valence-electron chi connectivity index (χ0n) is 14.3. The lowest BCUT2D eigenvalue weighted by Crippen LogP contribution is -2.38. The van der Waals surface area contributed by atoms with Gasteiger partial charge in [0.1, 0.15) is 0 Å². The first-order valence-electron chi connectivity index (χ1n) is 8.07. The normalized spacial score (nSPS) is 12.7. The van der Waals surface area contributed by atoms with Gasteiger partial charge in [-0.05, 0) is 23.6 Å². The number of rotatable bonds is 7. The van der Waals surface area contributed by atoms with Gasteiger partial charge in [0.2, 0.25) is 0 Å². The van der Waals surface area contributed by atoms with Gasteiger partial charge in [0.25, 0.3) is 0 Å². The van der Waals surface area contributed by atoms with Crippen LogP contribution in [-0.4, -0.2) is 29.5 Å². The Morgan fingerprint density at radius 1 is 1.04 bits per heavy atom. The van der Waals surface area contributed by atoms with Gasteiger partial charge in [-0.1, -0.05) is 54.6 Å². The SMILES string of the molecule is CN=C(NCCS(=O)Cc1ccccc1)NCc1ccccc1C. The maximum atomic E-state index is 12.1. The quantitative estimate of drug-likeness (QED) is 0.600. The van der Waals surface area contributed by atoms with Gasteiger partial charge < -0.3 is 10.6 Å². The Labute approximate surface area is 146 Å². The second-order valence-corrected chi connectivity index (χ2v) is 7.13. The summed E-state index contributed by atoms with van der Waals surface area (Å²) in [4.78, 5) is 4.21. The molecule has 5 heteroatoms. The predicted molar refractivity (Wildman–Crippen MR) is 103 cm³/mol. The molecule has 0 amide bonds. The second kappa shape index (κ2) is 9.88. The van der Waals surface area contributed by atoms with Crippen LogP contribution in [0.25, 0.3) is 0 Å². The molecule has 1 unspecified atom stereocenters. The van der Waals surface area contributed by atoms with Crippen LogP contribution in [0.5, 0.6) is 0 Å². The highest BCUT2D eigenvalue weighted by Gasteiger charge is 2.04. The molecule has 0 spiro atoms. The molecule has 0 fully saturated rings. The van der Waals surface area contributed by atoms with Gasteiger partial charge in [-0.2, -0.15) is 0 Å². The fraction of sp³-hybridized carbons (Fsp3) is 0.316. The predicted octanol–water partition coefficient (Wildman–Crippen LogP) is 2.61. The molecule has 2 aromatic carbocycles. The molecule has 0 aromatic heterocycles. The van der Waals surface area contributed by atoms with E-state index in [0.29, 0.717) is 18.1 Å². The van der Waals surface area contributed by atoms with E-state index < -0.39 is 10.8 Å². The van der Waals surface area contributed by atoms with Crippen LogP contribution in [0.15, 0.2) is 59.6 Å². The van der Waals surface area contributed by atoms with E-state index in [0.717, 1.165) is 18.1 Å². The third-order valence-corrected chi connectivity index (χ3v) is 5.04. The minimum absolute atomic E-state index is 0.595. The van der Waals surface area contributed by atoms with Crippen molar-refractivity contribution in [2.45, 2.75) is 19.2 Å². The highest BCUT2D eigenvalue weighted by molar-refractivity contribution is 7.84. The van der Waals surface area contributed by atoms with Crippen LogP contribution in [0.4, 0.5) is 0 Å². The van der Waals surface area contributed by atoms with Gasteiger partial charge in [0.05, 0.1) is 0 Å². The van der Waals surface area contributed by atoms with Crippen molar-refractivity contribution >= 4 is 16.8 Å². The Morgan fingerprint density at radius 2 is 1.75 bits per heavy atom. The third kappa shape index (κ3) is 6.16. The number of aliphatic imine (C=N–C) groups is 1. The summed E-state index contributed by atoms with van der Waals surface area (Å²) >= 11 is 0. The summed E-state index contributed by atoms with van der Waals surface area (Å²) in [6, 6.07) is 18.2. The van der Waals surface area contributed by atoms with E-state index >= 15 is 0 Å². The summed E-state index contributed by atoms with van der Waals surface area (Å²) in [5.41, 5.74) is 3.61. The average molecular weight is 343 g/mol. The van der Waals surface area contributed by atoms with Crippen LogP contribution < -0.4 is 10.6 Å². The molecule has 0 aliphatic heterocycles. The molecule has 24 heavy (non-hydrogen) atoms. The zero-order chi connectivity index (χ0) is 17.2. The van der Waals surface area contributed by atoms with Gasteiger partial charge in [0.15, 0.2) is 5.96 Å². The highest BCUT2D eigenvalue weighted by Crippen LogP contribution is 2.06. The van der Waals surface area contributed by atoms with Crippen LogP contribution in [-0.2, 0) is 23.1 Å². The molecular formula is C19H25N3OS. The Kier molecular flexibility index (Phi) is 7.49. The monoisotopic (exact) mass is 343 g/mol. The van der Waals surface area contributed by atoms with Crippen LogP contribution >= 0.6 is 0 Å². The number of nitrogens with one attached hydrogen (secondary N) is 2. The topological polar surface area (TPSA) is 53.5 Å². The fourth-order valence-electron chi connectivity index (χ4n) is 2.32. The first-order valence-corrected chi connectivity index (χ1v) is 9.56. The van der Waals surface area contributed by atoms with Crippen molar-refractivity contribution in [1.82, 2.24) is 10.6 Å². The van der Waals surface area contributed by atoms with Crippen molar-refractivity contribution < 1.29 is 4.21 Å². The van der Waals surface area contributed by atoms with Crippen molar-refractivity contribution in [3.63, 3.8) is 0 Å². The van der Waals surface area contributed by atoms with Gasteiger partial charge in [-0.3, -0.25) is 9.20 Å². The molecule has 2 rings (SSSR count). The van der Waals surface area contributed by atoms with Crippen molar-refractivity contribution in [1.29, 1.82) is 0 Å². The second-order valence-electron chi connectivity index (χ2n) is 5.55. The molecule has 0 bridgehead atoms. The third-order valence-electron chi connectivity index (χ3n) is 3.72. The van der Waals surface area contributed by atoms with E-state index in [1.165, 1.54) is 11.1 Å². The van der Waals surface area contributed by atoms with Crippen molar-refractivity contribution in [2.24, 2.45) is 4.99 Å². The summed E-state index contributed by atoms with van der Waals surface area (Å²) < 4.78 is 12.1. The molecule has 0 radical (unpaired) electrons. The number of aryl methyl sites for hydroxylation is 1. The summed E-state index contributed by atoms with van der Waals surface area (Å²) in [7, 11) is 0.866. The van der Waals surface area contributed by atoms with E-state index in [2.05, 4.69) is 34.7 Å². The van der Waals surface area contributed by atoms with Gasteiger partial charge in [-0.15, -0.1) is 0 Å². The van der Waals surface area contributed by atoms with Crippen LogP contribution in [0.1, 0.15) is 16.7 Å². The molecular weight excluding hydrogens is 318 g/mol. The lowest BCUT2D eigenvalue weighted by atomic mass is 10.1. The molecule has 0 aliphatic rings. The Bertz CT molecular complexity index is 686. The van der Waals surface area contributed by atoms with E-state index in [9.17, 15) is 4.21 Å². The van der Waals surface area contributed by atoms with Crippen molar-refractivity contribution in [3.05, 3.63) is 71.3 Å². The summed E-state index contributed by atoms with van der Waals surface area (Å²) in [5, 5.41) is 6.51. The first kappa shape index (κ1) is 18.2. The molecule has 0 saturated heterocycles. The molecule has 0 heterocycles. The Hall–Kier alpha value is -2.14. The molecule has 4 nitrogen and oxygen atoms in total. The van der Waals surface area contributed by atoms with Crippen molar-refractivity contribution in [3.8, 4) is 0 Å². The maximum Gasteiger partial charge on any atom is 0.191 e. The molecule has 1 atom stereocenters. The fourth-order valence-corrected chi connectivity index (χ4v) is 3.36. The first-order chi connectivity index (χ1) is 11.7. The van der Waals surface area contributed by atoms with Crippen LogP contribution in [0.3, 0.4) is 0 Å². The zero-order valence-corrected chi connectivity index (χ0v) is 15.1. The Balaban J connectivity index is 1.72. The number of nitrogens with zero attached hydrogens (tertiary/aromatic N) is 1. The van der Waals surface area contributed by atoms with Gasteiger partial charge in [-0.25, -0.2) is 0 Å². The minimum Gasteiger partial charge on any atom is -0.355 e. The van der Waals surface area contributed by atoms with E-state index in [1.807, 2.05) is 42.5 Å². The number of guanidine groups is 1. The van der Waals surface area contributed by atoms with Crippen LogP contribution in [0.2, 0.25) is 0 Å². The molecule has 0 saturated carbocycles. The molecule has 128 valence electrons. The van der Waals surface area contributed by atoms with E-state index in [-0.39, 0.29) is 0 Å². The van der Waals surface area contributed by atoms with Gasteiger partial charge in [0, 0.05) is 42.4 Å². The lowest BCUT2D eigenvalue weighted by Gasteiger charge is -2.13. The highest BCUT2D eigenvalue weighted by atomic mass is 32.2.